The first-order valence-electron chi connectivity index (χ1n) is 11.9. The number of thiophene rings is 1. The van der Waals surface area contributed by atoms with Crippen LogP contribution in [0.5, 0.6) is 0 Å². The van der Waals surface area contributed by atoms with Gasteiger partial charge in [0.2, 0.25) is 0 Å². The summed E-state index contributed by atoms with van der Waals surface area (Å²) in [6, 6.07) is 5.46. The van der Waals surface area contributed by atoms with Gasteiger partial charge in [-0.3, -0.25) is 14.9 Å². The van der Waals surface area contributed by atoms with Crippen molar-refractivity contribution >= 4 is 33.9 Å². The molecular formula is C25H32N2O5S. The van der Waals surface area contributed by atoms with E-state index in [1.165, 1.54) is 61.3 Å². The number of nitrogens with one attached hydrogen (secondary N) is 1. The number of fused-ring (bicyclic) bond motifs is 1. The zero-order valence-electron chi connectivity index (χ0n) is 19.2. The van der Waals surface area contributed by atoms with E-state index >= 15 is 0 Å². The van der Waals surface area contributed by atoms with Crippen LogP contribution in [0, 0.1) is 10.1 Å². The molecule has 2 aromatic rings. The lowest BCUT2D eigenvalue weighted by atomic mass is 9.97. The topological polar surface area (TPSA) is 98.5 Å². The second-order valence-electron chi connectivity index (χ2n) is 8.43. The van der Waals surface area contributed by atoms with Gasteiger partial charge < -0.3 is 10.1 Å². The molecule has 33 heavy (non-hydrogen) atoms. The summed E-state index contributed by atoms with van der Waals surface area (Å²) in [5, 5.41) is 14.3. The number of carbonyl (C=O) groups is 2. The number of rotatable bonds is 6. The second kappa shape index (κ2) is 12.5. The maximum atomic E-state index is 13.0. The average molecular weight is 473 g/mol. The second-order valence-corrected chi connectivity index (χ2v) is 9.54. The number of hydrogen-bond acceptors (Lipinski definition) is 6. The SMILES string of the molecule is CCCOC(=O)c1c(NC(=O)c2ccc([N+](=O)[O-])cc2)sc2c1CCCCCCCCCC2. The highest BCUT2D eigenvalue weighted by Crippen LogP contribution is 2.37. The predicted molar refractivity (Wildman–Crippen MR) is 130 cm³/mol. The lowest BCUT2D eigenvalue weighted by Gasteiger charge is -2.11. The van der Waals surface area contributed by atoms with Gasteiger partial charge in [-0.1, -0.05) is 45.4 Å². The molecule has 1 aliphatic carbocycles. The van der Waals surface area contributed by atoms with Crippen molar-refractivity contribution in [3.8, 4) is 0 Å². The lowest BCUT2D eigenvalue weighted by Crippen LogP contribution is -2.15. The summed E-state index contributed by atoms with van der Waals surface area (Å²) in [7, 11) is 0. The fraction of sp³-hybridized carbons (Fsp3) is 0.520. The Balaban J connectivity index is 1.90. The molecule has 0 saturated carbocycles. The molecule has 0 saturated heterocycles. The van der Waals surface area contributed by atoms with Crippen LogP contribution in [0.4, 0.5) is 10.7 Å². The summed E-state index contributed by atoms with van der Waals surface area (Å²) in [6.07, 6.45) is 11.8. The van der Waals surface area contributed by atoms with E-state index in [2.05, 4.69) is 5.32 Å². The fourth-order valence-electron chi connectivity index (χ4n) is 4.11. The molecule has 178 valence electrons. The van der Waals surface area contributed by atoms with Gasteiger partial charge in [0.05, 0.1) is 17.1 Å². The van der Waals surface area contributed by atoms with E-state index in [1.807, 2.05) is 6.92 Å². The van der Waals surface area contributed by atoms with Gasteiger partial charge in [0, 0.05) is 22.6 Å². The molecule has 1 aliphatic rings. The first-order chi connectivity index (χ1) is 16.0. The van der Waals surface area contributed by atoms with Crippen LogP contribution in [-0.2, 0) is 17.6 Å². The molecular weight excluding hydrogens is 440 g/mol. The highest BCUT2D eigenvalue weighted by Gasteiger charge is 2.26. The molecule has 1 heterocycles. The molecule has 0 atom stereocenters. The van der Waals surface area contributed by atoms with Crippen LogP contribution < -0.4 is 5.32 Å². The number of carbonyl (C=O) groups excluding carboxylic acids is 2. The zero-order valence-corrected chi connectivity index (χ0v) is 20.0. The number of esters is 1. The van der Waals surface area contributed by atoms with Crippen molar-refractivity contribution < 1.29 is 19.2 Å². The van der Waals surface area contributed by atoms with Crippen molar-refractivity contribution in [2.75, 3.05) is 11.9 Å². The number of nitro groups is 1. The molecule has 0 radical (unpaired) electrons. The monoisotopic (exact) mass is 472 g/mol. The molecule has 1 aromatic heterocycles. The molecule has 7 nitrogen and oxygen atoms in total. The first kappa shape index (κ1) is 24.9. The molecule has 1 amide bonds. The highest BCUT2D eigenvalue weighted by atomic mass is 32.1. The normalized spacial score (nSPS) is 14.9. The van der Waals surface area contributed by atoms with Crippen molar-refractivity contribution in [1.29, 1.82) is 0 Å². The summed E-state index contributed by atoms with van der Waals surface area (Å²) >= 11 is 1.46. The van der Waals surface area contributed by atoms with E-state index in [1.54, 1.807) is 0 Å². The van der Waals surface area contributed by atoms with Gasteiger partial charge in [0.25, 0.3) is 11.6 Å². The van der Waals surface area contributed by atoms with Crippen molar-refractivity contribution in [2.24, 2.45) is 0 Å². The van der Waals surface area contributed by atoms with Gasteiger partial charge in [0.1, 0.15) is 5.00 Å². The Morgan fingerprint density at radius 2 is 1.61 bits per heavy atom. The number of hydrogen-bond donors (Lipinski definition) is 1. The lowest BCUT2D eigenvalue weighted by molar-refractivity contribution is -0.384. The molecule has 0 fully saturated rings. The molecule has 0 spiro atoms. The maximum Gasteiger partial charge on any atom is 0.341 e. The van der Waals surface area contributed by atoms with Crippen LogP contribution >= 0.6 is 11.3 Å². The van der Waals surface area contributed by atoms with E-state index in [4.69, 9.17) is 4.74 Å². The Hall–Kier alpha value is -2.74. The largest absolute Gasteiger partial charge is 0.462 e. The molecule has 3 rings (SSSR count). The van der Waals surface area contributed by atoms with Gasteiger partial charge in [0.15, 0.2) is 0 Å². The summed E-state index contributed by atoms with van der Waals surface area (Å²) < 4.78 is 5.49. The van der Waals surface area contributed by atoms with Crippen molar-refractivity contribution in [1.82, 2.24) is 0 Å². The number of anilines is 1. The van der Waals surface area contributed by atoms with E-state index < -0.39 is 10.8 Å². The van der Waals surface area contributed by atoms with Gasteiger partial charge in [-0.25, -0.2) is 4.79 Å². The Bertz CT molecular complexity index is 968. The predicted octanol–water partition coefficient (Wildman–Crippen LogP) is 6.69. The first-order valence-corrected chi connectivity index (χ1v) is 12.7. The molecule has 1 N–H and O–H groups in total. The van der Waals surface area contributed by atoms with Crippen LogP contribution in [0.1, 0.15) is 95.9 Å². The van der Waals surface area contributed by atoms with Gasteiger partial charge in [-0.2, -0.15) is 0 Å². The Morgan fingerprint density at radius 3 is 2.21 bits per heavy atom. The van der Waals surface area contributed by atoms with Gasteiger partial charge in [-0.15, -0.1) is 11.3 Å². The van der Waals surface area contributed by atoms with Crippen molar-refractivity contribution in [3.05, 3.63) is 55.9 Å². The quantitative estimate of drug-likeness (QED) is 0.287. The minimum absolute atomic E-state index is 0.0755. The standard InChI is InChI=1S/C25H32N2O5S/c1-2-17-32-25(29)22-20-11-9-7-5-3-4-6-8-10-12-21(20)33-24(22)26-23(28)18-13-15-19(16-14-18)27(30)31/h13-16H,2-12,17H2,1H3,(H,26,28). The Morgan fingerprint density at radius 1 is 1.00 bits per heavy atom. The number of benzene rings is 1. The average Bonchev–Trinajstić information content (AvgIpc) is 3.14. The van der Waals surface area contributed by atoms with Crippen LogP contribution in [-0.4, -0.2) is 23.4 Å². The summed E-state index contributed by atoms with van der Waals surface area (Å²) in [5.74, 6) is -0.785. The molecule has 0 unspecified atom stereocenters. The summed E-state index contributed by atoms with van der Waals surface area (Å²) in [4.78, 5) is 37.5. The van der Waals surface area contributed by atoms with Crippen molar-refractivity contribution in [2.45, 2.75) is 77.6 Å². The number of aryl methyl sites for hydroxylation is 1. The number of ether oxygens (including phenoxy) is 1. The number of nitrogens with zero attached hydrogens (tertiary/aromatic N) is 1. The third-order valence-electron chi connectivity index (χ3n) is 5.88. The van der Waals surface area contributed by atoms with E-state index in [-0.39, 0.29) is 11.7 Å². The minimum atomic E-state index is -0.502. The molecule has 0 aliphatic heterocycles. The van der Waals surface area contributed by atoms with E-state index in [0.29, 0.717) is 22.7 Å². The number of nitro benzene ring substituents is 1. The van der Waals surface area contributed by atoms with Crippen LogP contribution in [0.15, 0.2) is 24.3 Å². The minimum Gasteiger partial charge on any atom is -0.462 e. The van der Waals surface area contributed by atoms with Crippen molar-refractivity contribution in [3.63, 3.8) is 0 Å². The highest BCUT2D eigenvalue weighted by molar-refractivity contribution is 7.17. The number of non-ortho nitro benzene ring substituents is 1. The zero-order chi connectivity index (χ0) is 23.6. The smallest absolute Gasteiger partial charge is 0.341 e. The summed E-state index contributed by atoms with van der Waals surface area (Å²) in [5.41, 5.74) is 1.72. The van der Waals surface area contributed by atoms with Crippen LogP contribution in [0.2, 0.25) is 0 Å². The molecule has 0 bridgehead atoms. The van der Waals surface area contributed by atoms with Gasteiger partial charge in [-0.05, 0) is 49.8 Å². The van der Waals surface area contributed by atoms with Crippen LogP contribution in [0.25, 0.3) is 0 Å². The molecule has 8 heteroatoms. The van der Waals surface area contributed by atoms with E-state index in [9.17, 15) is 19.7 Å². The summed E-state index contributed by atoms with van der Waals surface area (Å²) in [6.45, 7) is 2.28. The third kappa shape index (κ3) is 6.87. The third-order valence-corrected chi connectivity index (χ3v) is 7.09. The number of amides is 1. The maximum absolute atomic E-state index is 13.0. The van der Waals surface area contributed by atoms with E-state index in [0.717, 1.165) is 55.4 Å². The Labute approximate surface area is 198 Å². The molecule has 1 aromatic carbocycles. The van der Waals surface area contributed by atoms with Crippen LogP contribution in [0.3, 0.4) is 0 Å². The van der Waals surface area contributed by atoms with Gasteiger partial charge >= 0.3 is 5.97 Å². The fourth-order valence-corrected chi connectivity index (χ4v) is 5.38. The Kier molecular flexibility index (Phi) is 9.42.